The van der Waals surface area contributed by atoms with Gasteiger partial charge in [0.05, 0.1) is 6.10 Å². The first-order valence-electron chi connectivity index (χ1n) is 6.42. The van der Waals surface area contributed by atoms with Crippen LogP contribution in [0.15, 0.2) is 18.2 Å². The maximum atomic E-state index is 13.8. The third-order valence-corrected chi connectivity index (χ3v) is 3.64. The maximum Gasteiger partial charge on any atom is 0.130 e. The summed E-state index contributed by atoms with van der Waals surface area (Å²) in [7, 11) is 1.95. The van der Waals surface area contributed by atoms with Crippen LogP contribution < -0.4 is 10.6 Å². The van der Waals surface area contributed by atoms with Gasteiger partial charge in [-0.2, -0.15) is 0 Å². The average Bonchev–Trinajstić information content (AvgIpc) is 2.26. The van der Waals surface area contributed by atoms with Crippen molar-refractivity contribution in [1.82, 2.24) is 0 Å². The van der Waals surface area contributed by atoms with E-state index >= 15 is 0 Å². The fourth-order valence-corrected chi connectivity index (χ4v) is 2.64. The Labute approximate surface area is 107 Å². The summed E-state index contributed by atoms with van der Waals surface area (Å²) in [6.45, 7) is 2.63. The highest BCUT2D eigenvalue weighted by Crippen LogP contribution is 2.32. The standard InChI is InChI=1S/C14H21FN2O/c1-9(16)14-12(15)4-3-5-13(14)17(2)8-10-6-11(18)7-10/h3-5,9-11,18H,6-8,16H2,1-2H3/t9-,10?,11?/m1/s1. The van der Waals surface area contributed by atoms with E-state index in [4.69, 9.17) is 5.73 Å². The molecular formula is C14H21FN2O. The summed E-state index contributed by atoms with van der Waals surface area (Å²) in [5.41, 5.74) is 7.27. The van der Waals surface area contributed by atoms with Gasteiger partial charge in [-0.3, -0.25) is 0 Å². The van der Waals surface area contributed by atoms with E-state index in [0.717, 1.165) is 25.1 Å². The lowest BCUT2D eigenvalue weighted by atomic mass is 9.82. The lowest BCUT2D eigenvalue weighted by molar-refractivity contribution is 0.0464. The number of hydrogen-bond donors (Lipinski definition) is 2. The predicted octanol–water partition coefficient (Wildman–Crippen LogP) is 2.05. The van der Waals surface area contributed by atoms with E-state index < -0.39 is 0 Å². The van der Waals surface area contributed by atoms with E-state index in [2.05, 4.69) is 0 Å². The molecule has 1 fully saturated rings. The Morgan fingerprint density at radius 3 is 2.72 bits per heavy atom. The number of aliphatic hydroxyl groups is 1. The van der Waals surface area contributed by atoms with Crippen molar-refractivity contribution in [2.24, 2.45) is 11.7 Å². The van der Waals surface area contributed by atoms with Crippen LogP contribution >= 0.6 is 0 Å². The molecule has 18 heavy (non-hydrogen) atoms. The minimum absolute atomic E-state index is 0.149. The Morgan fingerprint density at radius 1 is 1.50 bits per heavy atom. The number of hydrogen-bond acceptors (Lipinski definition) is 3. The minimum atomic E-state index is -0.323. The van der Waals surface area contributed by atoms with Crippen LogP contribution in [-0.2, 0) is 0 Å². The van der Waals surface area contributed by atoms with Crippen molar-refractivity contribution in [2.45, 2.75) is 31.9 Å². The molecule has 0 aromatic heterocycles. The molecule has 0 aliphatic heterocycles. The zero-order valence-corrected chi connectivity index (χ0v) is 10.9. The summed E-state index contributed by atoms with van der Waals surface area (Å²) in [5, 5.41) is 9.29. The maximum absolute atomic E-state index is 13.8. The summed E-state index contributed by atoms with van der Waals surface area (Å²) in [5.74, 6) is 0.247. The smallest absolute Gasteiger partial charge is 0.130 e. The first-order chi connectivity index (χ1) is 8.49. The second-order valence-electron chi connectivity index (χ2n) is 5.33. The summed E-state index contributed by atoms with van der Waals surface area (Å²) < 4.78 is 13.8. The molecule has 0 spiro atoms. The van der Waals surface area contributed by atoms with Gasteiger partial charge in [0, 0.05) is 30.9 Å². The van der Waals surface area contributed by atoms with Gasteiger partial charge in [0.15, 0.2) is 0 Å². The van der Waals surface area contributed by atoms with E-state index in [1.807, 2.05) is 18.0 Å². The van der Waals surface area contributed by atoms with E-state index in [-0.39, 0.29) is 18.0 Å². The lowest BCUT2D eigenvalue weighted by Crippen LogP contribution is -2.37. The number of rotatable bonds is 4. The molecule has 0 bridgehead atoms. The Morgan fingerprint density at radius 2 is 2.17 bits per heavy atom. The Hall–Kier alpha value is -1.13. The average molecular weight is 252 g/mol. The molecular weight excluding hydrogens is 231 g/mol. The molecule has 1 saturated carbocycles. The van der Waals surface area contributed by atoms with Crippen molar-refractivity contribution in [1.29, 1.82) is 0 Å². The summed E-state index contributed by atoms with van der Waals surface area (Å²) in [4.78, 5) is 2.04. The SMILES string of the molecule is C[C@@H](N)c1c(F)cccc1N(C)CC1CC(O)C1. The van der Waals surface area contributed by atoms with Crippen LogP contribution in [0.4, 0.5) is 10.1 Å². The van der Waals surface area contributed by atoms with Gasteiger partial charge in [-0.1, -0.05) is 6.07 Å². The largest absolute Gasteiger partial charge is 0.393 e. The number of nitrogens with two attached hydrogens (primary N) is 1. The highest BCUT2D eigenvalue weighted by atomic mass is 19.1. The van der Waals surface area contributed by atoms with Gasteiger partial charge in [-0.15, -0.1) is 0 Å². The van der Waals surface area contributed by atoms with Crippen LogP contribution in [0, 0.1) is 11.7 Å². The third kappa shape index (κ3) is 2.65. The summed E-state index contributed by atoms with van der Waals surface area (Å²) >= 11 is 0. The van der Waals surface area contributed by atoms with Crippen molar-refractivity contribution in [3.8, 4) is 0 Å². The Bertz CT molecular complexity index is 416. The van der Waals surface area contributed by atoms with Crippen molar-refractivity contribution in [3.63, 3.8) is 0 Å². The van der Waals surface area contributed by atoms with Crippen LogP contribution in [0.5, 0.6) is 0 Å². The number of nitrogens with zero attached hydrogens (tertiary/aromatic N) is 1. The van der Waals surface area contributed by atoms with Gasteiger partial charge in [-0.05, 0) is 37.8 Å². The zero-order valence-electron chi connectivity index (χ0n) is 10.9. The van der Waals surface area contributed by atoms with E-state index in [9.17, 15) is 9.50 Å². The predicted molar refractivity (Wildman–Crippen MR) is 71.0 cm³/mol. The summed E-state index contributed by atoms with van der Waals surface area (Å²) in [6.07, 6.45) is 1.53. The van der Waals surface area contributed by atoms with Gasteiger partial charge in [0.1, 0.15) is 5.82 Å². The number of aliphatic hydroxyl groups excluding tert-OH is 1. The van der Waals surface area contributed by atoms with Crippen LogP contribution in [0.3, 0.4) is 0 Å². The zero-order chi connectivity index (χ0) is 13.3. The fraction of sp³-hybridized carbons (Fsp3) is 0.571. The van der Waals surface area contributed by atoms with Gasteiger partial charge >= 0.3 is 0 Å². The van der Waals surface area contributed by atoms with Crippen molar-refractivity contribution < 1.29 is 9.50 Å². The van der Waals surface area contributed by atoms with Crippen LogP contribution in [0.2, 0.25) is 0 Å². The summed E-state index contributed by atoms with van der Waals surface area (Å²) in [6, 6.07) is 4.73. The molecule has 0 saturated heterocycles. The van der Waals surface area contributed by atoms with Crippen molar-refractivity contribution in [3.05, 3.63) is 29.6 Å². The molecule has 100 valence electrons. The van der Waals surface area contributed by atoms with Gasteiger partial charge in [0.2, 0.25) is 0 Å². The topological polar surface area (TPSA) is 49.5 Å². The quantitative estimate of drug-likeness (QED) is 0.862. The van der Waals surface area contributed by atoms with Crippen LogP contribution in [-0.4, -0.2) is 24.8 Å². The first kappa shape index (κ1) is 13.3. The van der Waals surface area contributed by atoms with Gasteiger partial charge in [0.25, 0.3) is 0 Å². The number of benzene rings is 1. The van der Waals surface area contributed by atoms with Crippen LogP contribution in [0.1, 0.15) is 31.4 Å². The van der Waals surface area contributed by atoms with Crippen LogP contribution in [0.25, 0.3) is 0 Å². The minimum Gasteiger partial charge on any atom is -0.393 e. The fourth-order valence-electron chi connectivity index (χ4n) is 2.64. The van der Waals surface area contributed by atoms with E-state index in [0.29, 0.717) is 11.5 Å². The monoisotopic (exact) mass is 252 g/mol. The van der Waals surface area contributed by atoms with E-state index in [1.165, 1.54) is 6.07 Å². The molecule has 1 aliphatic rings. The normalized spacial score (nSPS) is 24.5. The molecule has 1 aromatic rings. The Balaban J connectivity index is 2.14. The molecule has 0 unspecified atom stereocenters. The molecule has 3 nitrogen and oxygen atoms in total. The van der Waals surface area contributed by atoms with Crippen molar-refractivity contribution in [2.75, 3.05) is 18.5 Å². The third-order valence-electron chi connectivity index (χ3n) is 3.64. The molecule has 0 heterocycles. The molecule has 0 radical (unpaired) electrons. The van der Waals surface area contributed by atoms with Gasteiger partial charge in [-0.25, -0.2) is 4.39 Å². The van der Waals surface area contributed by atoms with Gasteiger partial charge < -0.3 is 15.7 Å². The first-order valence-corrected chi connectivity index (χ1v) is 6.42. The second kappa shape index (κ2) is 5.24. The highest BCUT2D eigenvalue weighted by molar-refractivity contribution is 5.55. The molecule has 3 N–H and O–H groups in total. The highest BCUT2D eigenvalue weighted by Gasteiger charge is 2.28. The molecule has 1 aliphatic carbocycles. The molecule has 0 amide bonds. The lowest BCUT2D eigenvalue weighted by Gasteiger charge is -2.36. The number of halogens is 1. The Kier molecular flexibility index (Phi) is 3.88. The van der Waals surface area contributed by atoms with Crippen molar-refractivity contribution >= 4 is 5.69 Å². The molecule has 1 aromatic carbocycles. The number of anilines is 1. The molecule has 1 atom stereocenters. The molecule has 2 rings (SSSR count). The second-order valence-corrected chi connectivity index (χ2v) is 5.33. The van der Waals surface area contributed by atoms with E-state index in [1.54, 1.807) is 13.0 Å². The molecule has 4 heteroatoms.